The lowest BCUT2D eigenvalue weighted by molar-refractivity contribution is 0.0910. The van der Waals surface area contributed by atoms with Crippen LogP contribution in [0, 0.1) is 6.92 Å². The molecule has 0 bridgehead atoms. The summed E-state index contributed by atoms with van der Waals surface area (Å²) in [6, 6.07) is 26.4. The van der Waals surface area contributed by atoms with Crippen LogP contribution in [0.3, 0.4) is 0 Å². The second-order valence-corrected chi connectivity index (χ2v) is 8.36. The highest BCUT2D eigenvalue weighted by Gasteiger charge is 2.27. The zero-order valence-corrected chi connectivity index (χ0v) is 18.1. The highest BCUT2D eigenvalue weighted by molar-refractivity contribution is 6.30. The number of benzene rings is 3. The summed E-state index contributed by atoms with van der Waals surface area (Å²) in [6.45, 7) is 5.78. The second kappa shape index (κ2) is 9.46. The zero-order chi connectivity index (χ0) is 20.9. The van der Waals surface area contributed by atoms with E-state index in [1.54, 1.807) is 0 Å². The van der Waals surface area contributed by atoms with Crippen LogP contribution in [0.15, 0.2) is 78.9 Å². The Labute approximate surface area is 183 Å². The van der Waals surface area contributed by atoms with Crippen LogP contribution in [0.25, 0.3) is 0 Å². The van der Waals surface area contributed by atoms with E-state index in [9.17, 15) is 4.79 Å². The summed E-state index contributed by atoms with van der Waals surface area (Å²) in [5, 5.41) is 0.719. The Kier molecular flexibility index (Phi) is 6.51. The van der Waals surface area contributed by atoms with Crippen molar-refractivity contribution < 1.29 is 4.79 Å². The molecule has 0 saturated carbocycles. The van der Waals surface area contributed by atoms with Crippen LogP contribution in [0.1, 0.15) is 33.9 Å². The first-order valence-corrected chi connectivity index (χ1v) is 10.9. The molecule has 3 nitrogen and oxygen atoms in total. The molecule has 0 amide bonds. The number of ketones is 1. The van der Waals surface area contributed by atoms with Gasteiger partial charge in [-0.05, 0) is 36.8 Å². The van der Waals surface area contributed by atoms with Crippen LogP contribution >= 0.6 is 11.6 Å². The molecule has 154 valence electrons. The van der Waals surface area contributed by atoms with Gasteiger partial charge in [0, 0.05) is 54.9 Å². The molecule has 1 aliphatic heterocycles. The van der Waals surface area contributed by atoms with Gasteiger partial charge in [-0.2, -0.15) is 0 Å². The first-order valence-electron chi connectivity index (χ1n) is 10.5. The van der Waals surface area contributed by atoms with E-state index in [1.807, 2.05) is 49.4 Å². The van der Waals surface area contributed by atoms with Crippen LogP contribution in [-0.4, -0.2) is 36.9 Å². The smallest absolute Gasteiger partial charge is 0.164 e. The van der Waals surface area contributed by atoms with E-state index in [2.05, 4.69) is 46.2 Å². The van der Waals surface area contributed by atoms with Crippen LogP contribution in [-0.2, 0) is 0 Å². The summed E-state index contributed by atoms with van der Waals surface area (Å²) in [5.74, 6) is 0.181. The van der Waals surface area contributed by atoms with Crippen molar-refractivity contribution in [3.63, 3.8) is 0 Å². The Morgan fingerprint density at radius 1 is 0.867 bits per heavy atom. The molecule has 1 fully saturated rings. The van der Waals surface area contributed by atoms with Gasteiger partial charge >= 0.3 is 0 Å². The van der Waals surface area contributed by atoms with E-state index in [0.29, 0.717) is 6.42 Å². The van der Waals surface area contributed by atoms with E-state index in [4.69, 9.17) is 11.6 Å². The molecule has 0 N–H and O–H groups in total. The molecule has 3 aromatic rings. The second-order valence-electron chi connectivity index (χ2n) is 7.92. The topological polar surface area (TPSA) is 23.6 Å². The first-order chi connectivity index (χ1) is 14.6. The van der Waals surface area contributed by atoms with Crippen LogP contribution in [0.4, 0.5) is 5.69 Å². The van der Waals surface area contributed by atoms with Crippen molar-refractivity contribution in [2.75, 3.05) is 31.1 Å². The van der Waals surface area contributed by atoms with E-state index in [-0.39, 0.29) is 11.8 Å². The van der Waals surface area contributed by atoms with E-state index >= 15 is 0 Å². The minimum Gasteiger partial charge on any atom is -0.369 e. The van der Waals surface area contributed by atoms with Crippen molar-refractivity contribution in [2.24, 2.45) is 0 Å². The summed E-state index contributed by atoms with van der Waals surface area (Å²) in [6.07, 6.45) is 0.468. The third kappa shape index (κ3) is 4.92. The number of para-hydroxylation sites is 1. The molecular weight excluding hydrogens is 392 g/mol. The molecule has 0 aliphatic carbocycles. The summed E-state index contributed by atoms with van der Waals surface area (Å²) < 4.78 is 0. The standard InChI is InChI=1S/C26H27ClN2O/c1-20-7-9-22(10-8-20)26(30)19-25(21-11-13-23(27)14-12-21)29-17-15-28(16-18-29)24-5-3-2-4-6-24/h2-14,25H,15-19H2,1H3. The normalized spacial score (nSPS) is 15.7. The molecule has 3 aromatic carbocycles. The average molecular weight is 419 g/mol. The number of anilines is 1. The van der Waals surface area contributed by atoms with E-state index in [0.717, 1.165) is 47.9 Å². The van der Waals surface area contributed by atoms with Gasteiger partial charge in [0.15, 0.2) is 5.78 Å². The quantitative estimate of drug-likeness (QED) is 0.474. The number of hydrogen-bond acceptors (Lipinski definition) is 3. The predicted molar refractivity (Wildman–Crippen MR) is 125 cm³/mol. The molecule has 1 aliphatic rings. The number of rotatable bonds is 6. The van der Waals surface area contributed by atoms with Crippen molar-refractivity contribution in [3.05, 3.63) is 101 Å². The van der Waals surface area contributed by atoms with Crippen LogP contribution in [0.5, 0.6) is 0 Å². The molecule has 1 unspecified atom stereocenters. The summed E-state index contributed by atoms with van der Waals surface area (Å²) in [4.78, 5) is 17.9. The molecule has 4 heteroatoms. The summed E-state index contributed by atoms with van der Waals surface area (Å²) in [7, 11) is 0. The molecule has 4 rings (SSSR count). The lowest BCUT2D eigenvalue weighted by Crippen LogP contribution is -2.48. The van der Waals surface area contributed by atoms with Crippen molar-refractivity contribution in [3.8, 4) is 0 Å². The number of aryl methyl sites for hydroxylation is 1. The Morgan fingerprint density at radius 3 is 2.13 bits per heavy atom. The third-order valence-electron chi connectivity index (χ3n) is 5.88. The maximum Gasteiger partial charge on any atom is 0.164 e. The molecule has 0 aromatic heterocycles. The fourth-order valence-electron chi connectivity index (χ4n) is 4.11. The molecule has 0 spiro atoms. The summed E-state index contributed by atoms with van der Waals surface area (Å²) >= 11 is 6.12. The number of carbonyl (C=O) groups is 1. The van der Waals surface area contributed by atoms with Crippen molar-refractivity contribution in [2.45, 2.75) is 19.4 Å². The van der Waals surface area contributed by atoms with Gasteiger partial charge in [-0.3, -0.25) is 9.69 Å². The Bertz CT molecular complexity index is 962. The monoisotopic (exact) mass is 418 g/mol. The minimum absolute atomic E-state index is 0.0500. The Hall–Kier alpha value is -2.62. The van der Waals surface area contributed by atoms with Gasteiger partial charge in [0.1, 0.15) is 0 Å². The van der Waals surface area contributed by atoms with Crippen molar-refractivity contribution >= 4 is 23.1 Å². The van der Waals surface area contributed by atoms with Gasteiger partial charge in [0.2, 0.25) is 0 Å². The third-order valence-corrected chi connectivity index (χ3v) is 6.14. The predicted octanol–water partition coefficient (Wildman–Crippen LogP) is 5.78. The Balaban J connectivity index is 1.51. The molecule has 30 heavy (non-hydrogen) atoms. The SMILES string of the molecule is Cc1ccc(C(=O)CC(c2ccc(Cl)cc2)N2CCN(c3ccccc3)CC2)cc1. The average Bonchev–Trinajstić information content (AvgIpc) is 2.79. The molecule has 0 radical (unpaired) electrons. The van der Waals surface area contributed by atoms with Gasteiger partial charge in [-0.25, -0.2) is 0 Å². The number of Topliss-reactive ketones (excluding diaryl/α,β-unsaturated/α-hetero) is 1. The molecule has 1 saturated heterocycles. The van der Waals surface area contributed by atoms with Crippen molar-refractivity contribution in [1.82, 2.24) is 4.90 Å². The highest BCUT2D eigenvalue weighted by Crippen LogP contribution is 2.29. The molecular formula is C26H27ClN2O. The number of halogens is 1. The summed E-state index contributed by atoms with van der Waals surface area (Å²) in [5.41, 5.74) is 4.35. The fraction of sp³-hybridized carbons (Fsp3) is 0.269. The highest BCUT2D eigenvalue weighted by atomic mass is 35.5. The lowest BCUT2D eigenvalue weighted by atomic mass is 9.95. The van der Waals surface area contributed by atoms with E-state index < -0.39 is 0 Å². The number of carbonyl (C=O) groups excluding carboxylic acids is 1. The van der Waals surface area contributed by atoms with Gasteiger partial charge in [0.05, 0.1) is 0 Å². The maximum atomic E-state index is 13.1. The van der Waals surface area contributed by atoms with Gasteiger partial charge < -0.3 is 4.90 Å². The van der Waals surface area contributed by atoms with Crippen LogP contribution < -0.4 is 4.90 Å². The van der Waals surface area contributed by atoms with Gasteiger partial charge in [-0.1, -0.05) is 71.8 Å². The largest absolute Gasteiger partial charge is 0.369 e. The number of nitrogens with zero attached hydrogens (tertiary/aromatic N) is 2. The van der Waals surface area contributed by atoms with Crippen molar-refractivity contribution in [1.29, 1.82) is 0 Å². The van der Waals surface area contributed by atoms with Crippen LogP contribution in [0.2, 0.25) is 5.02 Å². The number of hydrogen-bond donors (Lipinski definition) is 0. The van der Waals surface area contributed by atoms with E-state index in [1.165, 1.54) is 5.69 Å². The van der Waals surface area contributed by atoms with Gasteiger partial charge in [0.25, 0.3) is 0 Å². The number of piperazine rings is 1. The minimum atomic E-state index is 0.0500. The lowest BCUT2D eigenvalue weighted by Gasteiger charge is -2.40. The first kappa shape index (κ1) is 20.6. The Morgan fingerprint density at radius 2 is 1.50 bits per heavy atom. The maximum absolute atomic E-state index is 13.1. The fourth-order valence-corrected chi connectivity index (χ4v) is 4.23. The van der Waals surface area contributed by atoms with Gasteiger partial charge in [-0.15, -0.1) is 0 Å². The molecule has 1 atom stereocenters. The zero-order valence-electron chi connectivity index (χ0n) is 17.3. The molecule has 1 heterocycles.